The summed E-state index contributed by atoms with van der Waals surface area (Å²) in [5.41, 5.74) is 2.76. The maximum atomic E-state index is 13.5. The molecular weight excluding hydrogens is 432 g/mol. The van der Waals surface area contributed by atoms with Gasteiger partial charge in [-0.15, -0.1) is 0 Å². The number of hydrogen-bond donors (Lipinski definition) is 1. The van der Waals surface area contributed by atoms with Crippen LogP contribution in [-0.4, -0.2) is 42.5 Å². The van der Waals surface area contributed by atoms with Crippen molar-refractivity contribution in [2.45, 2.75) is 57.3 Å². The number of carbonyl (C=O) groups is 2. The number of anilines is 1. The van der Waals surface area contributed by atoms with Crippen LogP contribution in [0.3, 0.4) is 0 Å². The van der Waals surface area contributed by atoms with Gasteiger partial charge in [-0.2, -0.15) is 0 Å². The molecule has 0 spiro atoms. The molecule has 5 nitrogen and oxygen atoms in total. The van der Waals surface area contributed by atoms with Crippen LogP contribution in [0.25, 0.3) is 6.08 Å². The monoisotopic (exact) mass is 466 g/mol. The third-order valence-electron chi connectivity index (χ3n) is 5.67. The molecule has 0 aliphatic carbocycles. The van der Waals surface area contributed by atoms with E-state index in [1.165, 1.54) is 16.7 Å². The number of rotatable bonds is 3. The molecule has 0 atom stereocenters. The average molecular weight is 467 g/mol. The Morgan fingerprint density at radius 1 is 1.03 bits per heavy atom. The predicted octanol–water partition coefficient (Wildman–Crippen LogP) is 5.56. The normalized spacial score (nSPS) is 15.6. The van der Waals surface area contributed by atoms with Gasteiger partial charge in [-0.05, 0) is 46.7 Å². The molecule has 0 saturated carbocycles. The average Bonchev–Trinajstić information content (AvgIpc) is 2.70. The van der Waals surface area contributed by atoms with Crippen LogP contribution in [0.1, 0.15) is 58.2 Å². The fourth-order valence-corrected chi connectivity index (χ4v) is 4.79. The van der Waals surface area contributed by atoms with E-state index in [-0.39, 0.29) is 29.2 Å². The molecule has 1 aliphatic heterocycles. The van der Waals surface area contributed by atoms with Crippen molar-refractivity contribution in [2.75, 3.05) is 25.5 Å². The highest BCUT2D eigenvalue weighted by atomic mass is 32.2. The highest BCUT2D eigenvalue weighted by Crippen LogP contribution is 2.44. The van der Waals surface area contributed by atoms with E-state index in [0.29, 0.717) is 10.7 Å². The molecule has 1 heterocycles. The largest absolute Gasteiger partial charge is 0.507 e. The number of amides is 2. The summed E-state index contributed by atoms with van der Waals surface area (Å²) in [5.74, 6) is -0.0287. The van der Waals surface area contributed by atoms with Gasteiger partial charge in [0.25, 0.3) is 5.91 Å². The number of hydrogen-bond acceptors (Lipinski definition) is 4. The van der Waals surface area contributed by atoms with Crippen molar-refractivity contribution in [3.05, 3.63) is 58.0 Å². The highest BCUT2D eigenvalue weighted by Gasteiger charge is 2.32. The fourth-order valence-electron chi connectivity index (χ4n) is 3.73. The summed E-state index contributed by atoms with van der Waals surface area (Å²) < 4.78 is 0. The zero-order chi connectivity index (χ0) is 24.7. The minimum absolute atomic E-state index is 0.0171. The third kappa shape index (κ3) is 5.27. The Morgan fingerprint density at radius 3 is 2.09 bits per heavy atom. The van der Waals surface area contributed by atoms with Gasteiger partial charge in [-0.3, -0.25) is 14.5 Å². The number of nitrogens with zero attached hydrogens (tertiary/aromatic N) is 2. The van der Waals surface area contributed by atoms with E-state index in [4.69, 9.17) is 0 Å². The SMILES string of the molecule is CN(C)C(=O)CN1C(=O)/C(=C/c2cc(C(C)(C)C)c(O)c(C(C)(C)C)c2)Sc2ccccc21. The number of aromatic hydroxyl groups is 1. The van der Waals surface area contributed by atoms with Gasteiger partial charge in [0.05, 0.1) is 10.6 Å². The van der Waals surface area contributed by atoms with Crippen LogP contribution >= 0.6 is 11.8 Å². The van der Waals surface area contributed by atoms with Crippen molar-refractivity contribution in [3.8, 4) is 5.75 Å². The first-order chi connectivity index (χ1) is 15.2. The maximum absolute atomic E-state index is 13.5. The first-order valence-corrected chi connectivity index (χ1v) is 11.9. The van der Waals surface area contributed by atoms with E-state index < -0.39 is 0 Å². The molecule has 0 fully saturated rings. The molecule has 6 heteroatoms. The fraction of sp³-hybridized carbons (Fsp3) is 0.407. The van der Waals surface area contributed by atoms with Crippen molar-refractivity contribution in [1.29, 1.82) is 0 Å². The van der Waals surface area contributed by atoms with Gasteiger partial charge in [0.2, 0.25) is 5.91 Å². The lowest BCUT2D eigenvalue weighted by Gasteiger charge is -2.31. The van der Waals surface area contributed by atoms with Gasteiger partial charge in [-0.1, -0.05) is 65.4 Å². The van der Waals surface area contributed by atoms with Crippen molar-refractivity contribution < 1.29 is 14.7 Å². The molecule has 0 unspecified atom stereocenters. The summed E-state index contributed by atoms with van der Waals surface area (Å²) in [7, 11) is 3.37. The molecule has 33 heavy (non-hydrogen) atoms. The van der Waals surface area contributed by atoms with Crippen LogP contribution in [0.15, 0.2) is 46.2 Å². The molecule has 2 aromatic rings. The van der Waals surface area contributed by atoms with Crippen molar-refractivity contribution >= 4 is 35.3 Å². The van der Waals surface area contributed by atoms with Crippen LogP contribution < -0.4 is 4.90 Å². The van der Waals surface area contributed by atoms with Gasteiger partial charge in [0.15, 0.2) is 0 Å². The van der Waals surface area contributed by atoms with E-state index in [1.54, 1.807) is 19.0 Å². The molecule has 1 aliphatic rings. The Labute approximate surface area is 201 Å². The second-order valence-electron chi connectivity index (χ2n) is 10.7. The summed E-state index contributed by atoms with van der Waals surface area (Å²) in [5, 5.41) is 11.0. The summed E-state index contributed by atoms with van der Waals surface area (Å²) in [6.07, 6.45) is 1.87. The summed E-state index contributed by atoms with van der Waals surface area (Å²) in [6, 6.07) is 11.6. The number of phenols is 1. The van der Waals surface area contributed by atoms with E-state index in [1.807, 2.05) is 42.5 Å². The Morgan fingerprint density at radius 2 is 1.58 bits per heavy atom. The molecule has 0 radical (unpaired) electrons. The second kappa shape index (κ2) is 8.90. The first-order valence-electron chi connectivity index (χ1n) is 11.1. The van der Waals surface area contributed by atoms with Crippen molar-refractivity contribution in [2.24, 2.45) is 0 Å². The Bertz CT molecular complexity index is 1090. The van der Waals surface area contributed by atoms with E-state index in [2.05, 4.69) is 41.5 Å². The Hall–Kier alpha value is -2.73. The van der Waals surface area contributed by atoms with Crippen LogP contribution in [0, 0.1) is 0 Å². The second-order valence-corrected chi connectivity index (χ2v) is 11.8. The molecule has 2 aromatic carbocycles. The summed E-state index contributed by atoms with van der Waals surface area (Å²) in [4.78, 5) is 30.5. The number of thioether (sulfide) groups is 1. The van der Waals surface area contributed by atoms with Gasteiger partial charge < -0.3 is 10.0 Å². The lowest BCUT2D eigenvalue weighted by molar-refractivity contribution is -0.128. The van der Waals surface area contributed by atoms with Crippen LogP contribution in [0.5, 0.6) is 5.75 Å². The zero-order valence-electron chi connectivity index (χ0n) is 20.8. The van der Waals surface area contributed by atoms with Crippen LogP contribution in [0.2, 0.25) is 0 Å². The van der Waals surface area contributed by atoms with E-state index in [9.17, 15) is 14.7 Å². The molecule has 1 N–H and O–H groups in total. The molecule has 2 amide bonds. The molecule has 176 valence electrons. The standard InChI is InChI=1S/C27H34N2O3S/c1-26(2,3)18-13-17(14-19(24(18)31)27(4,5)6)15-22-25(32)29(16-23(30)28(7)8)20-11-9-10-12-21(20)33-22/h9-15,31H,16H2,1-8H3/b22-15-. The quantitative estimate of drug-likeness (QED) is 0.602. The van der Waals surface area contributed by atoms with Crippen LogP contribution in [0.4, 0.5) is 5.69 Å². The maximum Gasteiger partial charge on any atom is 0.265 e. The number of benzene rings is 2. The zero-order valence-corrected chi connectivity index (χ0v) is 21.6. The molecule has 0 bridgehead atoms. The smallest absolute Gasteiger partial charge is 0.265 e. The number of phenolic OH excluding ortho intramolecular Hbond substituents is 1. The summed E-state index contributed by atoms with van der Waals surface area (Å²) in [6.45, 7) is 12.4. The van der Waals surface area contributed by atoms with Gasteiger partial charge in [-0.25, -0.2) is 0 Å². The minimum atomic E-state index is -0.265. The van der Waals surface area contributed by atoms with Crippen molar-refractivity contribution in [3.63, 3.8) is 0 Å². The molecule has 3 rings (SSSR count). The Balaban J connectivity index is 2.14. The van der Waals surface area contributed by atoms with E-state index in [0.717, 1.165) is 27.3 Å². The van der Waals surface area contributed by atoms with Gasteiger partial charge in [0.1, 0.15) is 12.3 Å². The number of para-hydroxylation sites is 1. The predicted molar refractivity (Wildman–Crippen MR) is 137 cm³/mol. The minimum Gasteiger partial charge on any atom is -0.507 e. The third-order valence-corrected chi connectivity index (χ3v) is 6.75. The lowest BCUT2D eigenvalue weighted by atomic mass is 9.78. The van der Waals surface area contributed by atoms with E-state index >= 15 is 0 Å². The molecule has 0 aromatic heterocycles. The topological polar surface area (TPSA) is 60.9 Å². The van der Waals surface area contributed by atoms with Crippen LogP contribution in [-0.2, 0) is 20.4 Å². The van der Waals surface area contributed by atoms with Gasteiger partial charge >= 0.3 is 0 Å². The summed E-state index contributed by atoms with van der Waals surface area (Å²) >= 11 is 1.41. The first kappa shape index (κ1) is 24.9. The van der Waals surface area contributed by atoms with Crippen molar-refractivity contribution in [1.82, 2.24) is 4.90 Å². The molecular formula is C27H34N2O3S. The van der Waals surface area contributed by atoms with Gasteiger partial charge in [0, 0.05) is 30.1 Å². The lowest BCUT2D eigenvalue weighted by Crippen LogP contribution is -2.42. The highest BCUT2D eigenvalue weighted by molar-refractivity contribution is 8.04. The molecule has 0 saturated heterocycles. The number of likely N-dealkylation sites (N-methyl/N-ethyl adjacent to an activating group) is 1. The number of fused-ring (bicyclic) bond motifs is 1. The number of carbonyl (C=O) groups excluding carboxylic acids is 2. The Kier molecular flexibility index (Phi) is 6.72.